The molecule has 0 bridgehead atoms. The number of nitrogens with zero attached hydrogens (tertiary/aromatic N) is 2. The van der Waals surface area contributed by atoms with Crippen molar-refractivity contribution in [1.82, 2.24) is 9.97 Å². The predicted molar refractivity (Wildman–Crippen MR) is 149 cm³/mol. The number of anilines is 1. The zero-order valence-electron chi connectivity index (χ0n) is 21.4. The largest absolute Gasteiger partial charge is 0.497 e. The number of carbonyl (C=O) groups excluding carboxylic acids is 2. The van der Waals surface area contributed by atoms with Crippen molar-refractivity contribution in [2.45, 2.75) is 0 Å². The van der Waals surface area contributed by atoms with Crippen molar-refractivity contribution in [3.8, 4) is 34.0 Å². The van der Waals surface area contributed by atoms with Gasteiger partial charge in [-0.3, -0.25) is 4.79 Å². The van der Waals surface area contributed by atoms with Crippen molar-refractivity contribution in [2.24, 2.45) is 0 Å². The van der Waals surface area contributed by atoms with E-state index in [1.54, 1.807) is 56.7 Å². The Labute approximate surface area is 225 Å². The van der Waals surface area contributed by atoms with Crippen LogP contribution in [0.3, 0.4) is 0 Å². The Morgan fingerprint density at radius 1 is 0.692 bits per heavy atom. The summed E-state index contributed by atoms with van der Waals surface area (Å²) in [7, 11) is 3.23. The fourth-order valence-corrected chi connectivity index (χ4v) is 4.01. The number of esters is 1. The average molecular weight is 520 g/mol. The summed E-state index contributed by atoms with van der Waals surface area (Å²) in [5.74, 6) is 0.395. The van der Waals surface area contributed by atoms with Gasteiger partial charge in [-0.2, -0.15) is 0 Å². The van der Waals surface area contributed by atoms with Crippen molar-refractivity contribution in [3.05, 3.63) is 103 Å². The molecular formula is C31H25N3O5. The second kappa shape index (κ2) is 11.4. The van der Waals surface area contributed by atoms with E-state index in [1.807, 2.05) is 54.6 Å². The summed E-state index contributed by atoms with van der Waals surface area (Å²) in [5.41, 5.74) is 5.04. The van der Waals surface area contributed by atoms with E-state index in [0.29, 0.717) is 28.1 Å². The molecule has 0 spiro atoms. The molecule has 4 aromatic carbocycles. The summed E-state index contributed by atoms with van der Waals surface area (Å²) >= 11 is 0. The van der Waals surface area contributed by atoms with Crippen LogP contribution in [0.25, 0.3) is 33.5 Å². The Balaban J connectivity index is 1.45. The smallest absolute Gasteiger partial charge is 0.338 e. The van der Waals surface area contributed by atoms with E-state index in [4.69, 9.17) is 24.2 Å². The van der Waals surface area contributed by atoms with E-state index in [9.17, 15) is 9.59 Å². The van der Waals surface area contributed by atoms with Crippen molar-refractivity contribution in [3.63, 3.8) is 0 Å². The third kappa shape index (κ3) is 5.86. The Morgan fingerprint density at radius 3 is 1.82 bits per heavy atom. The molecule has 0 radical (unpaired) electrons. The fraction of sp³-hybridized carbons (Fsp3) is 0.0968. The molecule has 1 amide bonds. The zero-order valence-corrected chi connectivity index (χ0v) is 21.4. The number of nitrogens with one attached hydrogen (secondary N) is 1. The summed E-state index contributed by atoms with van der Waals surface area (Å²) < 4.78 is 15.8. The molecule has 5 rings (SSSR count). The Bertz CT molecular complexity index is 1620. The molecule has 0 aliphatic heterocycles. The van der Waals surface area contributed by atoms with Gasteiger partial charge in [-0.1, -0.05) is 18.2 Å². The Morgan fingerprint density at radius 2 is 1.26 bits per heavy atom. The first-order chi connectivity index (χ1) is 19.0. The number of benzene rings is 4. The quantitative estimate of drug-likeness (QED) is 0.260. The van der Waals surface area contributed by atoms with Crippen molar-refractivity contribution < 1.29 is 23.8 Å². The highest BCUT2D eigenvalue weighted by Gasteiger charge is 2.16. The Hall–Kier alpha value is -5.24. The molecule has 0 fully saturated rings. The van der Waals surface area contributed by atoms with Gasteiger partial charge >= 0.3 is 5.97 Å². The van der Waals surface area contributed by atoms with Crippen LogP contribution in [0.2, 0.25) is 0 Å². The number of rotatable bonds is 8. The molecule has 0 saturated carbocycles. The standard InChI is InChI=1S/C31H25N3O5/c1-37-24-13-8-20(9-14-24)29-30(21-10-15-25(38-2)16-11-21)34-27-18-22(12-17-26(27)33-29)31(36)39-19-28(35)32-23-6-4-3-5-7-23/h3-18H,19H2,1-2H3,(H,32,35). The van der Waals surface area contributed by atoms with Gasteiger partial charge in [-0.05, 0) is 78.9 Å². The molecule has 0 saturated heterocycles. The van der Waals surface area contributed by atoms with Crippen LogP contribution in [-0.4, -0.2) is 42.7 Å². The number of ether oxygens (including phenoxy) is 3. The van der Waals surface area contributed by atoms with Crippen molar-refractivity contribution in [2.75, 3.05) is 26.1 Å². The topological polar surface area (TPSA) is 99.6 Å². The maximum Gasteiger partial charge on any atom is 0.338 e. The summed E-state index contributed by atoms with van der Waals surface area (Å²) in [6, 6.07) is 29.0. The molecule has 5 aromatic rings. The first-order valence-electron chi connectivity index (χ1n) is 12.2. The molecule has 8 nitrogen and oxygen atoms in total. The van der Waals surface area contributed by atoms with E-state index in [2.05, 4.69) is 5.32 Å². The lowest BCUT2D eigenvalue weighted by Crippen LogP contribution is -2.20. The van der Waals surface area contributed by atoms with Crippen LogP contribution in [0.5, 0.6) is 11.5 Å². The van der Waals surface area contributed by atoms with Crippen LogP contribution >= 0.6 is 0 Å². The van der Waals surface area contributed by atoms with Crippen molar-refractivity contribution >= 4 is 28.6 Å². The molecule has 0 aliphatic carbocycles. The lowest BCUT2D eigenvalue weighted by molar-refractivity contribution is -0.119. The average Bonchev–Trinajstić information content (AvgIpc) is 2.99. The highest BCUT2D eigenvalue weighted by Crippen LogP contribution is 2.33. The molecule has 1 N–H and O–H groups in total. The van der Waals surface area contributed by atoms with E-state index < -0.39 is 18.5 Å². The van der Waals surface area contributed by atoms with Crippen molar-refractivity contribution in [1.29, 1.82) is 0 Å². The van der Waals surface area contributed by atoms with Gasteiger partial charge in [0.05, 0.1) is 42.2 Å². The second-order valence-corrected chi connectivity index (χ2v) is 8.57. The van der Waals surface area contributed by atoms with E-state index in [-0.39, 0.29) is 5.56 Å². The first-order valence-corrected chi connectivity index (χ1v) is 12.2. The van der Waals surface area contributed by atoms with Gasteiger partial charge in [0.25, 0.3) is 5.91 Å². The number of aromatic nitrogens is 2. The Kier molecular flexibility index (Phi) is 7.45. The summed E-state index contributed by atoms with van der Waals surface area (Å²) in [4.78, 5) is 34.7. The number of hydrogen-bond acceptors (Lipinski definition) is 7. The second-order valence-electron chi connectivity index (χ2n) is 8.57. The molecule has 0 aliphatic rings. The van der Waals surface area contributed by atoms with Gasteiger partial charge in [-0.15, -0.1) is 0 Å². The zero-order chi connectivity index (χ0) is 27.2. The lowest BCUT2D eigenvalue weighted by atomic mass is 10.0. The van der Waals surface area contributed by atoms with Crippen LogP contribution in [0.1, 0.15) is 10.4 Å². The molecule has 0 atom stereocenters. The number of amides is 1. The monoisotopic (exact) mass is 519 g/mol. The SMILES string of the molecule is COc1ccc(-c2nc3ccc(C(=O)OCC(=O)Nc4ccccc4)cc3nc2-c2ccc(OC)cc2)cc1. The molecule has 0 unspecified atom stereocenters. The molecular weight excluding hydrogens is 494 g/mol. The van der Waals surface area contributed by atoms with Gasteiger partial charge in [-0.25, -0.2) is 14.8 Å². The summed E-state index contributed by atoms with van der Waals surface area (Å²) in [6.45, 7) is -0.412. The predicted octanol–water partition coefficient (Wildman–Crippen LogP) is 5.78. The maximum absolute atomic E-state index is 12.7. The van der Waals surface area contributed by atoms with E-state index >= 15 is 0 Å². The van der Waals surface area contributed by atoms with Crippen LogP contribution in [-0.2, 0) is 9.53 Å². The summed E-state index contributed by atoms with van der Waals surface area (Å²) in [5, 5.41) is 2.69. The number of hydrogen-bond donors (Lipinski definition) is 1. The van der Waals surface area contributed by atoms with Gasteiger partial charge < -0.3 is 19.5 Å². The minimum absolute atomic E-state index is 0.266. The van der Waals surface area contributed by atoms with Gasteiger partial charge in [0, 0.05) is 16.8 Å². The molecule has 1 aromatic heterocycles. The lowest BCUT2D eigenvalue weighted by Gasteiger charge is -2.12. The summed E-state index contributed by atoms with van der Waals surface area (Å²) in [6.07, 6.45) is 0. The molecule has 8 heteroatoms. The third-order valence-corrected chi connectivity index (χ3v) is 6.02. The van der Waals surface area contributed by atoms with Gasteiger partial charge in [0.1, 0.15) is 11.5 Å². The molecule has 194 valence electrons. The van der Waals surface area contributed by atoms with E-state index in [1.165, 1.54) is 0 Å². The van der Waals surface area contributed by atoms with Crippen LogP contribution in [0.4, 0.5) is 5.69 Å². The van der Waals surface area contributed by atoms with E-state index in [0.717, 1.165) is 22.6 Å². The molecule has 39 heavy (non-hydrogen) atoms. The highest BCUT2D eigenvalue weighted by molar-refractivity contribution is 5.97. The number of fused-ring (bicyclic) bond motifs is 1. The van der Waals surface area contributed by atoms with Crippen LogP contribution in [0.15, 0.2) is 97.1 Å². The minimum Gasteiger partial charge on any atom is -0.497 e. The first kappa shape index (κ1) is 25.4. The van der Waals surface area contributed by atoms with Gasteiger partial charge in [0.2, 0.25) is 0 Å². The number of carbonyl (C=O) groups is 2. The van der Waals surface area contributed by atoms with Gasteiger partial charge in [0.15, 0.2) is 6.61 Å². The number of methoxy groups -OCH3 is 2. The number of para-hydroxylation sites is 1. The van der Waals surface area contributed by atoms with Crippen LogP contribution in [0, 0.1) is 0 Å². The minimum atomic E-state index is -0.632. The van der Waals surface area contributed by atoms with Crippen LogP contribution < -0.4 is 14.8 Å². The normalized spacial score (nSPS) is 10.6. The fourth-order valence-electron chi connectivity index (χ4n) is 4.01. The molecule has 1 heterocycles. The maximum atomic E-state index is 12.7. The third-order valence-electron chi connectivity index (χ3n) is 6.02. The highest BCUT2D eigenvalue weighted by atomic mass is 16.5.